The predicted molar refractivity (Wildman–Crippen MR) is 80.2 cm³/mol. The molecule has 0 amide bonds. The Morgan fingerprint density at radius 2 is 1.37 bits per heavy atom. The summed E-state index contributed by atoms with van der Waals surface area (Å²) in [6, 6.07) is 22.8. The molecule has 0 aromatic heterocycles. The molecular weight excluding hydrogens is 230 g/mol. The number of hydrogen-bond donors (Lipinski definition) is 1. The molecule has 1 aliphatic rings. The molecule has 1 heteroatoms. The number of rotatable bonds is 2. The van der Waals surface area contributed by atoms with Crippen molar-refractivity contribution in [1.29, 1.82) is 0 Å². The zero-order valence-corrected chi connectivity index (χ0v) is 11.4. The molecule has 2 aromatic rings. The summed E-state index contributed by atoms with van der Waals surface area (Å²) in [7, 11) is 0. The van der Waals surface area contributed by atoms with Gasteiger partial charge in [-0.15, -0.1) is 0 Å². The van der Waals surface area contributed by atoms with Gasteiger partial charge in [0.1, 0.15) is 0 Å². The smallest absolute Gasteiger partial charge is 0.0391 e. The average Bonchev–Trinajstić information content (AvgIpc) is 2.49. The molecule has 0 aliphatic carbocycles. The SMILES string of the molecule is C[C@@H]1CC[C@H](c2ccccc2)[C@H](c2ccccc2)N1. The Labute approximate surface area is 115 Å². The van der Waals surface area contributed by atoms with E-state index in [1.807, 2.05) is 0 Å². The van der Waals surface area contributed by atoms with Crippen LogP contribution in [0.3, 0.4) is 0 Å². The van der Waals surface area contributed by atoms with Crippen molar-refractivity contribution in [3.8, 4) is 0 Å². The molecule has 3 rings (SSSR count). The first-order valence-electron chi connectivity index (χ1n) is 7.20. The second-order valence-electron chi connectivity index (χ2n) is 5.55. The van der Waals surface area contributed by atoms with Gasteiger partial charge in [-0.3, -0.25) is 0 Å². The van der Waals surface area contributed by atoms with Gasteiger partial charge in [0.25, 0.3) is 0 Å². The van der Waals surface area contributed by atoms with Gasteiger partial charge < -0.3 is 5.32 Å². The van der Waals surface area contributed by atoms with E-state index in [1.54, 1.807) is 0 Å². The van der Waals surface area contributed by atoms with Crippen LogP contribution in [-0.2, 0) is 0 Å². The van der Waals surface area contributed by atoms with Crippen molar-refractivity contribution in [2.45, 2.75) is 37.8 Å². The maximum atomic E-state index is 3.78. The first-order chi connectivity index (χ1) is 9.34. The van der Waals surface area contributed by atoms with Crippen LogP contribution in [0.25, 0.3) is 0 Å². The molecule has 1 aliphatic heterocycles. The Balaban J connectivity index is 1.93. The molecule has 98 valence electrons. The van der Waals surface area contributed by atoms with E-state index in [-0.39, 0.29) is 0 Å². The maximum absolute atomic E-state index is 3.78. The molecule has 19 heavy (non-hydrogen) atoms. The fraction of sp³-hybridized carbons (Fsp3) is 0.333. The topological polar surface area (TPSA) is 12.0 Å². The van der Waals surface area contributed by atoms with Gasteiger partial charge in [-0.25, -0.2) is 0 Å². The van der Waals surface area contributed by atoms with Crippen molar-refractivity contribution in [3.63, 3.8) is 0 Å². The van der Waals surface area contributed by atoms with Crippen LogP contribution >= 0.6 is 0 Å². The summed E-state index contributed by atoms with van der Waals surface area (Å²) in [6.45, 7) is 2.29. The zero-order valence-electron chi connectivity index (χ0n) is 11.4. The van der Waals surface area contributed by atoms with E-state index in [1.165, 1.54) is 24.0 Å². The van der Waals surface area contributed by atoms with Gasteiger partial charge in [0.2, 0.25) is 0 Å². The molecular formula is C18H21N. The Morgan fingerprint density at radius 1 is 0.789 bits per heavy atom. The van der Waals surface area contributed by atoms with E-state index >= 15 is 0 Å². The molecule has 1 nitrogen and oxygen atoms in total. The predicted octanol–water partition coefficient (Wildman–Crippen LogP) is 4.28. The largest absolute Gasteiger partial charge is 0.307 e. The van der Waals surface area contributed by atoms with Crippen molar-refractivity contribution in [2.75, 3.05) is 0 Å². The van der Waals surface area contributed by atoms with Crippen molar-refractivity contribution >= 4 is 0 Å². The van der Waals surface area contributed by atoms with Crippen LogP contribution in [-0.4, -0.2) is 6.04 Å². The van der Waals surface area contributed by atoms with Crippen molar-refractivity contribution < 1.29 is 0 Å². The van der Waals surface area contributed by atoms with E-state index in [0.29, 0.717) is 18.0 Å². The van der Waals surface area contributed by atoms with Crippen LogP contribution in [0, 0.1) is 0 Å². The Morgan fingerprint density at radius 3 is 2.00 bits per heavy atom. The van der Waals surface area contributed by atoms with E-state index in [0.717, 1.165) is 0 Å². The molecule has 0 unspecified atom stereocenters. The first-order valence-corrected chi connectivity index (χ1v) is 7.20. The Bertz CT molecular complexity index is 506. The lowest BCUT2D eigenvalue weighted by Crippen LogP contribution is -2.39. The van der Waals surface area contributed by atoms with E-state index in [4.69, 9.17) is 0 Å². The minimum absolute atomic E-state index is 0.437. The minimum atomic E-state index is 0.437. The van der Waals surface area contributed by atoms with Crippen LogP contribution in [0.2, 0.25) is 0 Å². The van der Waals surface area contributed by atoms with Gasteiger partial charge in [-0.1, -0.05) is 60.7 Å². The highest BCUT2D eigenvalue weighted by Gasteiger charge is 2.29. The monoisotopic (exact) mass is 251 g/mol. The van der Waals surface area contributed by atoms with Crippen molar-refractivity contribution in [2.24, 2.45) is 0 Å². The molecule has 2 aromatic carbocycles. The summed E-state index contributed by atoms with van der Waals surface area (Å²) in [4.78, 5) is 0. The molecule has 0 bridgehead atoms. The van der Waals surface area contributed by atoms with E-state index in [2.05, 4.69) is 72.9 Å². The van der Waals surface area contributed by atoms with Crippen LogP contribution in [0.15, 0.2) is 60.7 Å². The first kappa shape index (κ1) is 12.4. The van der Waals surface area contributed by atoms with Crippen LogP contribution in [0.4, 0.5) is 0 Å². The Hall–Kier alpha value is -1.60. The number of benzene rings is 2. The average molecular weight is 251 g/mol. The van der Waals surface area contributed by atoms with Gasteiger partial charge in [-0.2, -0.15) is 0 Å². The summed E-state index contributed by atoms with van der Waals surface area (Å²) < 4.78 is 0. The van der Waals surface area contributed by atoms with Crippen molar-refractivity contribution in [3.05, 3.63) is 71.8 Å². The van der Waals surface area contributed by atoms with Gasteiger partial charge in [0, 0.05) is 18.0 Å². The molecule has 1 fully saturated rings. The number of piperidine rings is 1. The van der Waals surface area contributed by atoms with Gasteiger partial charge in [-0.05, 0) is 30.9 Å². The highest BCUT2D eigenvalue weighted by Crippen LogP contribution is 2.38. The third-order valence-electron chi connectivity index (χ3n) is 4.16. The van der Waals surface area contributed by atoms with Gasteiger partial charge in [0.15, 0.2) is 0 Å². The normalized spacial score (nSPS) is 27.1. The summed E-state index contributed by atoms with van der Waals surface area (Å²) >= 11 is 0. The van der Waals surface area contributed by atoms with Crippen molar-refractivity contribution in [1.82, 2.24) is 5.32 Å². The standard InChI is InChI=1S/C18H21N/c1-14-12-13-17(15-8-4-2-5-9-15)18(19-14)16-10-6-3-7-11-16/h2-11,14,17-19H,12-13H2,1H3/t14-,17-,18+/m1/s1. The van der Waals surface area contributed by atoms with Crippen LogP contribution in [0.1, 0.15) is 42.9 Å². The lowest BCUT2D eigenvalue weighted by molar-refractivity contribution is 0.300. The maximum Gasteiger partial charge on any atom is 0.0391 e. The molecule has 1 N–H and O–H groups in total. The minimum Gasteiger partial charge on any atom is -0.307 e. The van der Waals surface area contributed by atoms with Crippen LogP contribution in [0.5, 0.6) is 0 Å². The van der Waals surface area contributed by atoms with E-state index in [9.17, 15) is 0 Å². The highest BCUT2D eigenvalue weighted by atomic mass is 15.0. The molecule has 0 spiro atoms. The number of hydrogen-bond acceptors (Lipinski definition) is 1. The highest BCUT2D eigenvalue weighted by molar-refractivity contribution is 5.29. The fourth-order valence-corrected chi connectivity index (χ4v) is 3.15. The third-order valence-corrected chi connectivity index (χ3v) is 4.16. The summed E-state index contributed by atoms with van der Waals surface area (Å²) in [5, 5.41) is 3.78. The summed E-state index contributed by atoms with van der Waals surface area (Å²) in [6.07, 6.45) is 2.51. The molecule has 0 radical (unpaired) electrons. The third kappa shape index (κ3) is 2.71. The lowest BCUT2D eigenvalue weighted by atomic mass is 9.79. The second kappa shape index (κ2) is 5.58. The van der Waals surface area contributed by atoms with E-state index < -0.39 is 0 Å². The quantitative estimate of drug-likeness (QED) is 0.840. The summed E-state index contributed by atoms with van der Waals surface area (Å²) in [5.41, 5.74) is 2.86. The zero-order chi connectivity index (χ0) is 13.1. The van der Waals surface area contributed by atoms with Gasteiger partial charge in [0.05, 0.1) is 0 Å². The fourth-order valence-electron chi connectivity index (χ4n) is 3.15. The summed E-state index contributed by atoms with van der Waals surface area (Å²) in [5.74, 6) is 0.583. The van der Waals surface area contributed by atoms with Gasteiger partial charge >= 0.3 is 0 Å². The molecule has 1 saturated heterocycles. The second-order valence-corrected chi connectivity index (χ2v) is 5.55. The Kier molecular flexibility index (Phi) is 3.65. The van der Waals surface area contributed by atoms with Crippen LogP contribution < -0.4 is 5.32 Å². The molecule has 1 heterocycles. The number of nitrogens with one attached hydrogen (secondary N) is 1. The lowest BCUT2D eigenvalue weighted by Gasteiger charge is -2.37. The molecule has 0 saturated carbocycles. The molecule has 3 atom stereocenters.